The Bertz CT molecular complexity index is 1010. The van der Waals surface area contributed by atoms with Crippen LogP contribution in [0.1, 0.15) is 47.2 Å². The molecule has 29 heavy (non-hydrogen) atoms. The van der Waals surface area contributed by atoms with Gasteiger partial charge in [0.2, 0.25) is 5.91 Å². The number of aromatic nitrogens is 1. The molecule has 1 aromatic rings. The number of nitrogens with zero attached hydrogens (tertiary/aromatic N) is 3. The second-order valence-corrected chi connectivity index (χ2v) is 10.6. The molecule has 2 fully saturated rings. The minimum atomic E-state index is -3.13. The fourth-order valence-electron chi connectivity index (χ4n) is 4.70. The Morgan fingerprint density at radius 2 is 1.79 bits per heavy atom. The summed E-state index contributed by atoms with van der Waals surface area (Å²) in [7, 11) is -1.50. The van der Waals surface area contributed by atoms with Crippen molar-refractivity contribution in [3.05, 3.63) is 33.2 Å². The van der Waals surface area contributed by atoms with Gasteiger partial charge in [-0.3, -0.25) is 14.4 Å². The molecule has 0 aliphatic carbocycles. The van der Waals surface area contributed by atoms with Crippen LogP contribution in [0.15, 0.2) is 11.0 Å². The van der Waals surface area contributed by atoms with Crippen LogP contribution in [0.25, 0.3) is 0 Å². The zero-order valence-electron chi connectivity index (χ0n) is 16.7. The molecular formula is C20H27N3O5S. The summed E-state index contributed by atoms with van der Waals surface area (Å²) in [5, 5.41) is 0. The largest absolute Gasteiger partial charge is 0.338 e. The SMILES string of the molecule is Cn1cc2c(c(C(=O)N3CCCCC3)c1=O)CCN(C(=O)C1CCS(=O)(=O)C1)C2. The molecular weight excluding hydrogens is 394 g/mol. The van der Waals surface area contributed by atoms with Crippen LogP contribution >= 0.6 is 0 Å². The highest BCUT2D eigenvalue weighted by Crippen LogP contribution is 2.26. The van der Waals surface area contributed by atoms with Crippen molar-refractivity contribution in [3.63, 3.8) is 0 Å². The van der Waals surface area contributed by atoms with E-state index in [1.165, 1.54) is 4.57 Å². The van der Waals surface area contributed by atoms with Gasteiger partial charge in [0, 0.05) is 39.4 Å². The summed E-state index contributed by atoms with van der Waals surface area (Å²) in [6, 6.07) is 0. The second-order valence-electron chi connectivity index (χ2n) is 8.39. The average Bonchev–Trinajstić information content (AvgIpc) is 3.08. The van der Waals surface area contributed by atoms with Gasteiger partial charge >= 0.3 is 0 Å². The molecule has 0 saturated carbocycles. The third-order valence-electron chi connectivity index (χ3n) is 6.32. The van der Waals surface area contributed by atoms with Gasteiger partial charge in [0.15, 0.2) is 9.84 Å². The lowest BCUT2D eigenvalue weighted by molar-refractivity contribution is -0.135. The summed E-state index contributed by atoms with van der Waals surface area (Å²) in [4.78, 5) is 42.2. The summed E-state index contributed by atoms with van der Waals surface area (Å²) in [6.07, 6.45) is 5.52. The van der Waals surface area contributed by atoms with Crippen LogP contribution in [0.2, 0.25) is 0 Å². The van der Waals surface area contributed by atoms with E-state index in [0.29, 0.717) is 39.0 Å². The maximum absolute atomic E-state index is 13.1. The number of sulfone groups is 1. The number of likely N-dealkylation sites (tertiary alicyclic amines) is 1. The van der Waals surface area contributed by atoms with Crippen LogP contribution in [0, 0.1) is 5.92 Å². The number of carbonyl (C=O) groups is 2. The monoisotopic (exact) mass is 421 g/mol. The lowest BCUT2D eigenvalue weighted by Gasteiger charge is -2.33. The molecule has 4 heterocycles. The molecule has 0 aromatic carbocycles. The number of aryl methyl sites for hydroxylation is 1. The fraction of sp³-hybridized carbons (Fsp3) is 0.650. The quantitative estimate of drug-likeness (QED) is 0.686. The number of carbonyl (C=O) groups excluding carboxylic acids is 2. The van der Waals surface area contributed by atoms with E-state index in [1.54, 1.807) is 23.0 Å². The number of amides is 2. The number of hydrogen-bond donors (Lipinski definition) is 0. The summed E-state index contributed by atoms with van der Waals surface area (Å²) >= 11 is 0. The Morgan fingerprint density at radius 1 is 1.07 bits per heavy atom. The molecule has 0 N–H and O–H groups in total. The van der Waals surface area contributed by atoms with Crippen molar-refractivity contribution < 1.29 is 18.0 Å². The molecule has 1 atom stereocenters. The first kappa shape index (κ1) is 20.1. The van der Waals surface area contributed by atoms with Gasteiger partial charge in [-0.2, -0.15) is 0 Å². The first-order valence-corrected chi connectivity index (χ1v) is 12.1. The fourth-order valence-corrected chi connectivity index (χ4v) is 6.43. The van der Waals surface area contributed by atoms with Gasteiger partial charge in [0.1, 0.15) is 5.56 Å². The van der Waals surface area contributed by atoms with E-state index in [0.717, 1.165) is 30.4 Å². The molecule has 3 aliphatic heterocycles. The summed E-state index contributed by atoms with van der Waals surface area (Å²) in [5.41, 5.74) is 1.49. The molecule has 4 rings (SSSR count). The van der Waals surface area contributed by atoms with Crippen LogP contribution < -0.4 is 5.56 Å². The summed E-state index contributed by atoms with van der Waals surface area (Å²) in [5.74, 6) is -0.848. The van der Waals surface area contributed by atoms with Crippen molar-refractivity contribution in [2.75, 3.05) is 31.1 Å². The Balaban J connectivity index is 1.61. The zero-order chi connectivity index (χ0) is 20.8. The molecule has 0 radical (unpaired) electrons. The highest BCUT2D eigenvalue weighted by molar-refractivity contribution is 7.91. The standard InChI is InChI=1S/C20H27N3O5S/c1-21-11-15-12-23(18(24)14-6-10-29(27,28)13-14)9-5-16(15)17(19(21)25)20(26)22-7-3-2-4-8-22/h11,14H,2-10,12-13H2,1H3. The maximum atomic E-state index is 13.1. The third kappa shape index (κ3) is 3.84. The molecule has 158 valence electrons. The topological polar surface area (TPSA) is 96.8 Å². The predicted molar refractivity (Wildman–Crippen MR) is 107 cm³/mol. The number of pyridine rings is 1. The minimum absolute atomic E-state index is 0.0663. The third-order valence-corrected chi connectivity index (χ3v) is 8.08. The molecule has 9 heteroatoms. The predicted octanol–water partition coefficient (Wildman–Crippen LogP) is 0.331. The van der Waals surface area contributed by atoms with E-state index in [2.05, 4.69) is 0 Å². The van der Waals surface area contributed by atoms with E-state index in [-0.39, 0.29) is 34.4 Å². The van der Waals surface area contributed by atoms with E-state index in [9.17, 15) is 22.8 Å². The van der Waals surface area contributed by atoms with Gasteiger partial charge < -0.3 is 14.4 Å². The van der Waals surface area contributed by atoms with Crippen molar-refractivity contribution >= 4 is 21.7 Å². The number of fused-ring (bicyclic) bond motifs is 1. The minimum Gasteiger partial charge on any atom is -0.338 e. The van der Waals surface area contributed by atoms with E-state index >= 15 is 0 Å². The molecule has 1 aromatic heterocycles. The van der Waals surface area contributed by atoms with Gasteiger partial charge in [-0.1, -0.05) is 0 Å². The molecule has 0 bridgehead atoms. The Kier molecular flexibility index (Phi) is 5.27. The lowest BCUT2D eigenvalue weighted by atomic mass is 9.94. The van der Waals surface area contributed by atoms with Gasteiger partial charge in [0.05, 0.1) is 17.4 Å². The molecule has 3 aliphatic rings. The van der Waals surface area contributed by atoms with Crippen LogP contribution in [0.5, 0.6) is 0 Å². The van der Waals surface area contributed by atoms with Crippen LogP contribution in [-0.4, -0.2) is 65.7 Å². The second kappa shape index (κ2) is 7.59. The van der Waals surface area contributed by atoms with Crippen LogP contribution in [0.4, 0.5) is 0 Å². The highest BCUT2D eigenvalue weighted by atomic mass is 32.2. The van der Waals surface area contributed by atoms with Crippen LogP contribution in [-0.2, 0) is 34.6 Å². The van der Waals surface area contributed by atoms with E-state index in [4.69, 9.17) is 0 Å². The van der Waals surface area contributed by atoms with Gasteiger partial charge in [-0.05, 0) is 43.2 Å². The number of hydrogen-bond acceptors (Lipinski definition) is 5. The smallest absolute Gasteiger partial charge is 0.263 e. The molecule has 2 amide bonds. The van der Waals surface area contributed by atoms with Crippen molar-refractivity contribution in [2.45, 2.75) is 38.6 Å². The first-order chi connectivity index (χ1) is 13.8. The Labute approximate surface area is 170 Å². The molecule has 0 spiro atoms. The number of piperidine rings is 1. The van der Waals surface area contributed by atoms with Crippen molar-refractivity contribution in [1.82, 2.24) is 14.4 Å². The Morgan fingerprint density at radius 3 is 2.45 bits per heavy atom. The summed E-state index contributed by atoms with van der Waals surface area (Å²) < 4.78 is 24.9. The molecule has 8 nitrogen and oxygen atoms in total. The highest BCUT2D eigenvalue weighted by Gasteiger charge is 2.37. The van der Waals surface area contributed by atoms with Crippen molar-refractivity contribution in [3.8, 4) is 0 Å². The lowest BCUT2D eigenvalue weighted by Crippen LogP contribution is -2.44. The summed E-state index contributed by atoms with van der Waals surface area (Å²) in [6.45, 7) is 2.05. The van der Waals surface area contributed by atoms with Crippen LogP contribution in [0.3, 0.4) is 0 Å². The normalized spacial score (nSPS) is 23.7. The van der Waals surface area contributed by atoms with Crippen molar-refractivity contribution in [1.29, 1.82) is 0 Å². The average molecular weight is 422 g/mol. The van der Waals surface area contributed by atoms with Gasteiger partial charge in [-0.15, -0.1) is 0 Å². The molecule has 1 unspecified atom stereocenters. The van der Waals surface area contributed by atoms with E-state index < -0.39 is 15.8 Å². The molecule has 2 saturated heterocycles. The maximum Gasteiger partial charge on any atom is 0.263 e. The first-order valence-electron chi connectivity index (χ1n) is 10.3. The Hall–Kier alpha value is -2.16. The van der Waals surface area contributed by atoms with Gasteiger partial charge in [0.25, 0.3) is 11.5 Å². The number of rotatable bonds is 2. The van der Waals surface area contributed by atoms with Crippen molar-refractivity contribution in [2.24, 2.45) is 13.0 Å². The van der Waals surface area contributed by atoms with E-state index in [1.807, 2.05) is 0 Å². The zero-order valence-corrected chi connectivity index (χ0v) is 17.5. The van der Waals surface area contributed by atoms with Gasteiger partial charge in [-0.25, -0.2) is 8.42 Å².